The van der Waals surface area contributed by atoms with Crippen molar-refractivity contribution in [2.75, 3.05) is 6.54 Å². The van der Waals surface area contributed by atoms with Crippen molar-refractivity contribution in [3.8, 4) is 0 Å². The van der Waals surface area contributed by atoms with Gasteiger partial charge in [-0.15, -0.1) is 0 Å². The molecule has 1 aliphatic rings. The normalized spacial score (nSPS) is 35.5. The van der Waals surface area contributed by atoms with Gasteiger partial charge in [0.25, 0.3) is 0 Å². The Bertz CT molecular complexity index is 208. The van der Waals surface area contributed by atoms with Crippen molar-refractivity contribution in [1.29, 1.82) is 0 Å². The fraction of sp³-hybridized carbons (Fsp3) is 1.00. The van der Waals surface area contributed by atoms with Crippen molar-refractivity contribution < 1.29 is 20.1 Å². The van der Waals surface area contributed by atoms with E-state index < -0.39 is 24.6 Å². The average Bonchev–Trinajstić information content (AvgIpc) is 2.43. The Kier molecular flexibility index (Phi) is 3.47. The van der Waals surface area contributed by atoms with Gasteiger partial charge < -0.3 is 20.1 Å². The minimum absolute atomic E-state index is 0.124. The molecule has 3 N–H and O–H groups in total. The van der Waals surface area contributed by atoms with Gasteiger partial charge in [0.15, 0.2) is 6.29 Å². The molecule has 0 aliphatic carbocycles. The van der Waals surface area contributed by atoms with E-state index in [9.17, 15) is 5.11 Å². The van der Waals surface area contributed by atoms with E-state index in [1.807, 2.05) is 0 Å². The second-order valence-electron chi connectivity index (χ2n) is 2.85. The number of nitrogens with zero attached hydrogens (tertiary/aromatic N) is 3. The Hall–Kier alpha value is -0.850. The van der Waals surface area contributed by atoms with Crippen molar-refractivity contribution in [3.63, 3.8) is 0 Å². The zero-order valence-corrected chi connectivity index (χ0v) is 6.82. The summed E-state index contributed by atoms with van der Waals surface area (Å²) < 4.78 is 4.80. The molecule has 7 heteroatoms. The summed E-state index contributed by atoms with van der Waals surface area (Å²) in [6.07, 6.45) is -3.75. The first-order chi connectivity index (χ1) is 6.15. The Morgan fingerprint density at radius 3 is 2.77 bits per heavy atom. The van der Waals surface area contributed by atoms with Gasteiger partial charge in [0.1, 0.15) is 6.10 Å². The Morgan fingerprint density at radius 1 is 1.62 bits per heavy atom. The van der Waals surface area contributed by atoms with E-state index in [-0.39, 0.29) is 13.0 Å². The molecule has 4 atom stereocenters. The molecule has 1 rings (SSSR count). The van der Waals surface area contributed by atoms with Gasteiger partial charge in [0.2, 0.25) is 0 Å². The van der Waals surface area contributed by atoms with E-state index in [2.05, 4.69) is 10.0 Å². The van der Waals surface area contributed by atoms with Crippen molar-refractivity contribution in [1.82, 2.24) is 0 Å². The lowest BCUT2D eigenvalue weighted by molar-refractivity contribution is -0.143. The molecule has 74 valence electrons. The smallest absolute Gasteiger partial charge is 0.181 e. The maximum absolute atomic E-state index is 9.30. The third-order valence-electron chi connectivity index (χ3n) is 1.88. The van der Waals surface area contributed by atoms with Gasteiger partial charge in [0.05, 0.1) is 18.8 Å². The maximum Gasteiger partial charge on any atom is 0.181 e. The van der Waals surface area contributed by atoms with Crippen LogP contribution in [0.1, 0.15) is 6.42 Å². The molecule has 0 radical (unpaired) electrons. The van der Waals surface area contributed by atoms with Crippen LogP contribution in [0.2, 0.25) is 0 Å². The van der Waals surface area contributed by atoms with Gasteiger partial charge in [-0.05, 0) is 5.53 Å². The van der Waals surface area contributed by atoms with E-state index >= 15 is 0 Å². The highest BCUT2D eigenvalue weighted by Crippen LogP contribution is 2.21. The topological polar surface area (TPSA) is 119 Å². The molecule has 0 aromatic carbocycles. The number of rotatable bonds is 3. The Balaban J connectivity index is 2.40. The summed E-state index contributed by atoms with van der Waals surface area (Å²) >= 11 is 0. The lowest BCUT2D eigenvalue weighted by Gasteiger charge is -2.14. The molecule has 7 nitrogen and oxygen atoms in total. The van der Waals surface area contributed by atoms with Crippen LogP contribution >= 0.6 is 0 Å². The summed E-state index contributed by atoms with van der Waals surface area (Å²) in [5.74, 6) is 0. The number of ether oxygens (including phenoxy) is 1. The van der Waals surface area contributed by atoms with E-state index in [4.69, 9.17) is 20.5 Å². The van der Waals surface area contributed by atoms with Crippen LogP contribution in [0.4, 0.5) is 0 Å². The summed E-state index contributed by atoms with van der Waals surface area (Å²) in [5.41, 5.74) is 7.97. The Labute approximate surface area is 74.2 Å². The molecule has 0 saturated carbocycles. The number of azide groups is 1. The monoisotopic (exact) mass is 189 g/mol. The highest BCUT2D eigenvalue weighted by molar-refractivity contribution is 4.82. The molecular formula is C6H11N3O4. The minimum atomic E-state index is -1.26. The van der Waals surface area contributed by atoms with Gasteiger partial charge in [-0.25, -0.2) is 0 Å². The van der Waals surface area contributed by atoms with Crippen molar-refractivity contribution >= 4 is 0 Å². The molecule has 0 aromatic rings. The summed E-state index contributed by atoms with van der Waals surface area (Å²) in [7, 11) is 0. The van der Waals surface area contributed by atoms with Crippen LogP contribution in [0, 0.1) is 0 Å². The minimum Gasteiger partial charge on any atom is -0.390 e. The fourth-order valence-electron chi connectivity index (χ4n) is 1.17. The summed E-state index contributed by atoms with van der Waals surface area (Å²) in [6.45, 7) is -0.124. The number of aliphatic hydroxyl groups is 3. The van der Waals surface area contributed by atoms with Crippen molar-refractivity contribution in [2.45, 2.75) is 31.0 Å². The van der Waals surface area contributed by atoms with Crippen LogP contribution in [0.5, 0.6) is 0 Å². The highest BCUT2D eigenvalue weighted by atomic mass is 16.6. The largest absolute Gasteiger partial charge is 0.390 e. The lowest BCUT2D eigenvalue weighted by atomic mass is 10.1. The van der Waals surface area contributed by atoms with Crippen LogP contribution in [-0.4, -0.2) is 46.5 Å². The first-order valence-electron chi connectivity index (χ1n) is 3.85. The molecule has 1 aliphatic heterocycles. The van der Waals surface area contributed by atoms with E-state index in [1.54, 1.807) is 0 Å². The molecule has 1 unspecified atom stereocenters. The number of aliphatic hydroxyl groups excluding tert-OH is 3. The molecule has 1 saturated heterocycles. The number of hydrogen-bond donors (Lipinski definition) is 3. The SMILES string of the molecule is [N-]=[N+]=NC[C@@H](O)[C@H]1C[C@@H](O)C(O)O1. The predicted molar refractivity (Wildman–Crippen MR) is 41.5 cm³/mol. The molecule has 1 heterocycles. The highest BCUT2D eigenvalue weighted by Gasteiger charge is 2.36. The molecular weight excluding hydrogens is 178 g/mol. The molecule has 0 amide bonds. The van der Waals surface area contributed by atoms with Gasteiger partial charge >= 0.3 is 0 Å². The van der Waals surface area contributed by atoms with Gasteiger partial charge in [-0.1, -0.05) is 5.11 Å². The third kappa shape index (κ3) is 2.55. The van der Waals surface area contributed by atoms with Crippen LogP contribution < -0.4 is 0 Å². The predicted octanol–water partition coefficient (Wildman–Crippen LogP) is -0.874. The summed E-state index contributed by atoms with van der Waals surface area (Å²) in [5, 5.41) is 30.5. The van der Waals surface area contributed by atoms with Gasteiger partial charge in [-0.3, -0.25) is 0 Å². The quantitative estimate of drug-likeness (QED) is 0.303. The molecule has 13 heavy (non-hydrogen) atoms. The van der Waals surface area contributed by atoms with Gasteiger partial charge in [-0.2, -0.15) is 0 Å². The second-order valence-corrected chi connectivity index (χ2v) is 2.85. The van der Waals surface area contributed by atoms with Crippen LogP contribution in [0.25, 0.3) is 10.4 Å². The van der Waals surface area contributed by atoms with E-state index in [0.717, 1.165) is 0 Å². The first kappa shape index (κ1) is 10.2. The van der Waals surface area contributed by atoms with E-state index in [0.29, 0.717) is 0 Å². The van der Waals surface area contributed by atoms with E-state index in [1.165, 1.54) is 0 Å². The Morgan fingerprint density at radius 2 is 2.31 bits per heavy atom. The molecule has 0 aromatic heterocycles. The third-order valence-corrected chi connectivity index (χ3v) is 1.88. The summed E-state index contributed by atoms with van der Waals surface area (Å²) in [6, 6.07) is 0. The second kappa shape index (κ2) is 4.40. The molecule has 1 fully saturated rings. The summed E-state index contributed by atoms with van der Waals surface area (Å²) in [4.78, 5) is 2.47. The van der Waals surface area contributed by atoms with Crippen LogP contribution in [0.3, 0.4) is 0 Å². The number of hydrogen-bond acceptors (Lipinski definition) is 5. The van der Waals surface area contributed by atoms with Crippen LogP contribution in [0.15, 0.2) is 5.11 Å². The van der Waals surface area contributed by atoms with Gasteiger partial charge in [0, 0.05) is 11.3 Å². The average molecular weight is 189 g/mol. The lowest BCUT2D eigenvalue weighted by Crippen LogP contribution is -2.28. The molecule has 0 spiro atoms. The van der Waals surface area contributed by atoms with Crippen molar-refractivity contribution in [2.24, 2.45) is 5.11 Å². The standard InChI is InChI=1S/C6H11N3O4/c7-9-8-2-4(11)5-1-3(10)6(12)13-5/h3-6,10-12H,1-2H2/t3-,4-,5-,6?/m1/s1. The zero-order chi connectivity index (χ0) is 9.84. The van der Waals surface area contributed by atoms with Crippen molar-refractivity contribution in [3.05, 3.63) is 10.4 Å². The zero-order valence-electron chi connectivity index (χ0n) is 6.82. The maximum atomic E-state index is 9.30. The van der Waals surface area contributed by atoms with Crippen LogP contribution in [-0.2, 0) is 4.74 Å². The first-order valence-corrected chi connectivity index (χ1v) is 3.85. The molecule has 0 bridgehead atoms. The fourth-order valence-corrected chi connectivity index (χ4v) is 1.17.